The number of carboxylic acid groups (broad SMARTS) is 1. The summed E-state index contributed by atoms with van der Waals surface area (Å²) >= 11 is 12.4. The second-order valence-electron chi connectivity index (χ2n) is 6.72. The number of carboxylic acids is 1. The quantitative estimate of drug-likeness (QED) is 0.384. The highest BCUT2D eigenvalue weighted by Crippen LogP contribution is 2.42. The van der Waals surface area contributed by atoms with Crippen LogP contribution < -0.4 is 10.1 Å². The monoisotopic (exact) mass is 453 g/mol. The molecule has 1 heterocycles. The van der Waals surface area contributed by atoms with Gasteiger partial charge in [-0.2, -0.15) is 0 Å². The number of anilines is 1. The van der Waals surface area contributed by atoms with Crippen LogP contribution in [-0.4, -0.2) is 35.2 Å². The van der Waals surface area contributed by atoms with Gasteiger partial charge in [0.2, 0.25) is 5.95 Å². The normalized spacial score (nSPS) is 10.8. The van der Waals surface area contributed by atoms with E-state index in [0.717, 1.165) is 27.6 Å². The molecular formula is C23H17Cl2N3O3. The van der Waals surface area contributed by atoms with Crippen LogP contribution in [0.4, 0.5) is 5.95 Å². The number of ether oxygens (including phenoxy) is 1. The predicted octanol–water partition coefficient (Wildman–Crippen LogP) is 6.02. The number of nitrogens with zero attached hydrogens (tertiary/aromatic N) is 2. The van der Waals surface area contributed by atoms with E-state index in [2.05, 4.69) is 15.3 Å². The maximum absolute atomic E-state index is 11.2. The highest BCUT2D eigenvalue weighted by atomic mass is 35.5. The van der Waals surface area contributed by atoms with Gasteiger partial charge in [0.05, 0.1) is 22.7 Å². The zero-order valence-corrected chi connectivity index (χ0v) is 18.1. The Hall–Kier alpha value is -3.35. The minimum atomic E-state index is -0.986. The van der Waals surface area contributed by atoms with E-state index in [1.165, 1.54) is 0 Å². The first kappa shape index (κ1) is 20.9. The molecule has 0 atom stereocenters. The van der Waals surface area contributed by atoms with Gasteiger partial charge in [-0.25, -0.2) is 14.8 Å². The van der Waals surface area contributed by atoms with Crippen LogP contribution in [0.3, 0.4) is 0 Å². The standard InChI is InChI=1S/C23H17Cl2N3O3/c1-26-23-27-11-17-15(14-7-8-18(24)19(25)9-14)10-16(21(31-2)20(17)28-23)12-3-5-13(6-4-12)22(29)30/h3-11H,1-2H3,(H,29,30)(H,26,27,28). The lowest BCUT2D eigenvalue weighted by Crippen LogP contribution is -2.00. The molecule has 4 aromatic rings. The Morgan fingerprint density at radius 3 is 2.32 bits per heavy atom. The first-order chi connectivity index (χ1) is 14.9. The number of aromatic nitrogens is 2. The number of methoxy groups -OCH3 is 1. The van der Waals surface area contributed by atoms with Crippen molar-refractivity contribution in [2.45, 2.75) is 0 Å². The first-order valence-corrected chi connectivity index (χ1v) is 10.0. The van der Waals surface area contributed by atoms with Gasteiger partial charge in [-0.15, -0.1) is 0 Å². The zero-order chi connectivity index (χ0) is 22.1. The number of benzene rings is 3. The van der Waals surface area contributed by atoms with Crippen molar-refractivity contribution in [1.82, 2.24) is 9.97 Å². The molecule has 0 fully saturated rings. The molecule has 0 aliphatic carbocycles. The summed E-state index contributed by atoms with van der Waals surface area (Å²) in [4.78, 5) is 20.2. The summed E-state index contributed by atoms with van der Waals surface area (Å²) in [6.45, 7) is 0. The molecule has 0 aliphatic rings. The molecule has 31 heavy (non-hydrogen) atoms. The van der Waals surface area contributed by atoms with Crippen molar-refractivity contribution in [3.63, 3.8) is 0 Å². The average Bonchev–Trinajstić information content (AvgIpc) is 2.79. The van der Waals surface area contributed by atoms with Crippen molar-refractivity contribution < 1.29 is 14.6 Å². The van der Waals surface area contributed by atoms with Crippen molar-refractivity contribution in [3.05, 3.63) is 70.3 Å². The summed E-state index contributed by atoms with van der Waals surface area (Å²) in [5.74, 6) is 0.0185. The van der Waals surface area contributed by atoms with Crippen LogP contribution in [0.25, 0.3) is 33.2 Å². The van der Waals surface area contributed by atoms with Crippen molar-refractivity contribution >= 4 is 46.0 Å². The Labute approximate surface area is 188 Å². The number of hydrogen-bond acceptors (Lipinski definition) is 5. The van der Waals surface area contributed by atoms with E-state index in [4.69, 9.17) is 27.9 Å². The van der Waals surface area contributed by atoms with Crippen LogP contribution in [0.5, 0.6) is 5.75 Å². The smallest absolute Gasteiger partial charge is 0.335 e. The molecule has 0 aliphatic heterocycles. The largest absolute Gasteiger partial charge is 0.494 e. The predicted molar refractivity (Wildman–Crippen MR) is 123 cm³/mol. The molecule has 4 rings (SSSR count). The fourth-order valence-electron chi connectivity index (χ4n) is 3.40. The maximum atomic E-state index is 11.2. The van der Waals surface area contributed by atoms with Crippen molar-refractivity contribution in [3.8, 4) is 28.0 Å². The van der Waals surface area contributed by atoms with Gasteiger partial charge in [-0.1, -0.05) is 41.4 Å². The van der Waals surface area contributed by atoms with Gasteiger partial charge in [-0.3, -0.25) is 0 Å². The Balaban J connectivity index is 2.05. The summed E-state index contributed by atoms with van der Waals surface area (Å²) in [6.07, 6.45) is 1.73. The SMILES string of the molecule is CNc1ncc2c(-c3ccc(Cl)c(Cl)c3)cc(-c3ccc(C(=O)O)cc3)c(OC)c2n1. The van der Waals surface area contributed by atoms with E-state index in [-0.39, 0.29) is 5.56 Å². The second-order valence-corrected chi connectivity index (χ2v) is 7.54. The van der Waals surface area contributed by atoms with Crippen molar-refractivity contribution in [2.24, 2.45) is 0 Å². The fraction of sp³-hybridized carbons (Fsp3) is 0.0870. The molecular weight excluding hydrogens is 437 g/mol. The molecule has 0 bridgehead atoms. The van der Waals surface area contributed by atoms with Gasteiger partial charge in [0.1, 0.15) is 5.52 Å². The highest BCUT2D eigenvalue weighted by molar-refractivity contribution is 6.42. The number of nitrogens with one attached hydrogen (secondary N) is 1. The summed E-state index contributed by atoms with van der Waals surface area (Å²) in [7, 11) is 3.31. The molecule has 0 radical (unpaired) electrons. The number of aromatic carboxylic acids is 1. The molecule has 0 saturated carbocycles. The zero-order valence-electron chi connectivity index (χ0n) is 16.6. The van der Waals surface area contributed by atoms with Gasteiger partial charge in [0, 0.05) is 24.2 Å². The Morgan fingerprint density at radius 2 is 1.71 bits per heavy atom. The molecule has 0 unspecified atom stereocenters. The number of rotatable bonds is 5. The van der Waals surface area contributed by atoms with Crippen molar-refractivity contribution in [2.75, 3.05) is 19.5 Å². The lowest BCUT2D eigenvalue weighted by Gasteiger charge is -2.16. The number of fused-ring (bicyclic) bond motifs is 1. The molecule has 2 N–H and O–H groups in total. The number of halogens is 2. The Kier molecular flexibility index (Phi) is 5.67. The molecule has 0 amide bonds. The minimum absolute atomic E-state index is 0.202. The van der Waals surface area contributed by atoms with E-state index < -0.39 is 5.97 Å². The lowest BCUT2D eigenvalue weighted by molar-refractivity contribution is 0.0697. The lowest BCUT2D eigenvalue weighted by atomic mass is 9.94. The van der Waals surface area contributed by atoms with Crippen molar-refractivity contribution in [1.29, 1.82) is 0 Å². The molecule has 156 valence electrons. The average molecular weight is 454 g/mol. The van der Waals surface area contributed by atoms with Crippen LogP contribution in [-0.2, 0) is 0 Å². The van der Waals surface area contributed by atoms with E-state index >= 15 is 0 Å². The second kappa shape index (κ2) is 8.41. The van der Waals surface area contributed by atoms with Crippen LogP contribution in [0.2, 0.25) is 10.0 Å². The topological polar surface area (TPSA) is 84.3 Å². The van der Waals surface area contributed by atoms with E-state index in [1.807, 2.05) is 12.1 Å². The third kappa shape index (κ3) is 3.87. The Bertz CT molecular complexity index is 1310. The molecule has 3 aromatic carbocycles. The molecule has 0 spiro atoms. The third-order valence-electron chi connectivity index (χ3n) is 4.93. The van der Waals surface area contributed by atoms with Gasteiger partial charge in [-0.05, 0) is 47.0 Å². The summed E-state index contributed by atoms with van der Waals surface area (Å²) in [6, 6.07) is 13.9. The minimum Gasteiger partial charge on any atom is -0.494 e. The molecule has 8 heteroatoms. The van der Waals surface area contributed by atoms with Crippen LogP contribution in [0.15, 0.2) is 54.7 Å². The van der Waals surface area contributed by atoms with Crippen LogP contribution >= 0.6 is 23.2 Å². The van der Waals surface area contributed by atoms with E-state index in [9.17, 15) is 9.90 Å². The van der Waals surface area contributed by atoms with Gasteiger partial charge >= 0.3 is 5.97 Å². The summed E-state index contributed by atoms with van der Waals surface area (Å²) in [5, 5.41) is 13.8. The Morgan fingerprint density at radius 1 is 1.00 bits per heavy atom. The molecule has 6 nitrogen and oxygen atoms in total. The van der Waals surface area contributed by atoms with E-state index in [1.54, 1.807) is 56.8 Å². The summed E-state index contributed by atoms with van der Waals surface area (Å²) < 4.78 is 5.74. The van der Waals surface area contributed by atoms with Gasteiger partial charge in [0.25, 0.3) is 0 Å². The number of hydrogen-bond donors (Lipinski definition) is 2. The first-order valence-electron chi connectivity index (χ1n) is 9.27. The third-order valence-corrected chi connectivity index (χ3v) is 5.67. The highest BCUT2D eigenvalue weighted by Gasteiger charge is 2.18. The summed E-state index contributed by atoms with van der Waals surface area (Å²) in [5.41, 5.74) is 4.04. The molecule has 0 saturated heterocycles. The maximum Gasteiger partial charge on any atom is 0.335 e. The van der Waals surface area contributed by atoms with Crippen LogP contribution in [0, 0.1) is 0 Å². The molecule has 1 aromatic heterocycles. The van der Waals surface area contributed by atoms with Gasteiger partial charge < -0.3 is 15.2 Å². The van der Waals surface area contributed by atoms with Crippen LogP contribution in [0.1, 0.15) is 10.4 Å². The fourth-order valence-corrected chi connectivity index (χ4v) is 3.70. The van der Waals surface area contributed by atoms with Gasteiger partial charge in [0.15, 0.2) is 5.75 Å². The number of carbonyl (C=O) groups is 1. The van der Waals surface area contributed by atoms with E-state index in [0.29, 0.717) is 27.3 Å².